The molecule has 0 aliphatic rings. The van der Waals surface area contributed by atoms with E-state index in [9.17, 15) is 8.78 Å². The molecule has 116 valence electrons. The largest absolute Gasteiger partial charge is 0.457 e. The lowest BCUT2D eigenvalue weighted by Crippen LogP contribution is -1.95. The smallest absolute Gasteiger partial charge is 0.135 e. The minimum Gasteiger partial charge on any atom is -0.457 e. The molecule has 23 heavy (non-hydrogen) atoms. The average molecular weight is 311 g/mol. The molecular formula is C19H15F2NO. The van der Waals surface area contributed by atoms with Crippen LogP contribution in [0.3, 0.4) is 0 Å². The summed E-state index contributed by atoms with van der Waals surface area (Å²) in [6.45, 7) is 3.55. The standard InChI is InChI=1S/C19H15F2NO/c1-12-3-4-19(23-15-5-7-22-8-6-15)17(9-12)16-10-14(20)11-18(21)13(16)2/h3-11H,1-2H3. The zero-order valence-electron chi connectivity index (χ0n) is 12.8. The topological polar surface area (TPSA) is 22.1 Å². The van der Waals surface area contributed by atoms with Gasteiger partial charge in [0.1, 0.15) is 23.1 Å². The Hall–Kier alpha value is -2.75. The van der Waals surface area contributed by atoms with Crippen molar-refractivity contribution in [2.24, 2.45) is 0 Å². The lowest BCUT2D eigenvalue weighted by molar-refractivity contribution is 0.483. The van der Waals surface area contributed by atoms with Crippen LogP contribution in [0.5, 0.6) is 11.5 Å². The van der Waals surface area contributed by atoms with Gasteiger partial charge in [0, 0.05) is 24.0 Å². The fraction of sp³-hybridized carbons (Fsp3) is 0.105. The second-order valence-corrected chi connectivity index (χ2v) is 5.34. The van der Waals surface area contributed by atoms with E-state index in [0.717, 1.165) is 11.6 Å². The molecule has 0 atom stereocenters. The first-order valence-electron chi connectivity index (χ1n) is 7.19. The molecule has 3 rings (SSSR count). The zero-order chi connectivity index (χ0) is 16.4. The van der Waals surface area contributed by atoms with Crippen LogP contribution in [0.25, 0.3) is 11.1 Å². The van der Waals surface area contributed by atoms with E-state index in [-0.39, 0.29) is 0 Å². The van der Waals surface area contributed by atoms with Gasteiger partial charge >= 0.3 is 0 Å². The van der Waals surface area contributed by atoms with Crippen LogP contribution in [0.4, 0.5) is 8.78 Å². The van der Waals surface area contributed by atoms with E-state index in [4.69, 9.17) is 4.74 Å². The Morgan fingerprint density at radius 1 is 0.870 bits per heavy atom. The van der Waals surface area contributed by atoms with E-state index in [1.54, 1.807) is 37.5 Å². The molecule has 0 N–H and O–H groups in total. The molecule has 2 aromatic carbocycles. The third-order valence-electron chi connectivity index (χ3n) is 3.61. The number of halogens is 2. The monoisotopic (exact) mass is 311 g/mol. The normalized spacial score (nSPS) is 10.6. The highest BCUT2D eigenvalue weighted by Gasteiger charge is 2.14. The van der Waals surface area contributed by atoms with Crippen molar-refractivity contribution in [1.82, 2.24) is 4.98 Å². The van der Waals surface area contributed by atoms with E-state index < -0.39 is 11.6 Å². The third kappa shape index (κ3) is 3.21. The lowest BCUT2D eigenvalue weighted by Gasteiger charge is -2.14. The maximum atomic E-state index is 13.9. The van der Waals surface area contributed by atoms with Crippen molar-refractivity contribution in [3.05, 3.63) is 77.6 Å². The summed E-state index contributed by atoms with van der Waals surface area (Å²) in [6.07, 6.45) is 3.24. The maximum Gasteiger partial charge on any atom is 0.135 e. The van der Waals surface area contributed by atoms with Crippen LogP contribution in [0.1, 0.15) is 11.1 Å². The number of benzene rings is 2. The van der Waals surface area contributed by atoms with Crippen molar-refractivity contribution >= 4 is 0 Å². The van der Waals surface area contributed by atoms with Crippen LogP contribution in [0.2, 0.25) is 0 Å². The fourth-order valence-corrected chi connectivity index (χ4v) is 2.40. The van der Waals surface area contributed by atoms with Crippen LogP contribution < -0.4 is 4.74 Å². The Kier molecular flexibility index (Phi) is 4.06. The van der Waals surface area contributed by atoms with Gasteiger partial charge in [-0.2, -0.15) is 0 Å². The van der Waals surface area contributed by atoms with Crippen molar-refractivity contribution < 1.29 is 13.5 Å². The number of nitrogens with zero attached hydrogens (tertiary/aromatic N) is 1. The molecule has 0 aliphatic carbocycles. The summed E-state index contributed by atoms with van der Waals surface area (Å²) in [6, 6.07) is 11.2. The predicted octanol–water partition coefficient (Wildman–Crippen LogP) is 5.44. The predicted molar refractivity (Wildman–Crippen MR) is 85.6 cm³/mol. The number of hydrogen-bond acceptors (Lipinski definition) is 2. The minimum atomic E-state index is -0.612. The van der Waals surface area contributed by atoms with Gasteiger partial charge in [0.25, 0.3) is 0 Å². The van der Waals surface area contributed by atoms with Crippen LogP contribution in [0, 0.1) is 25.5 Å². The summed E-state index contributed by atoms with van der Waals surface area (Å²) in [4.78, 5) is 3.94. The van der Waals surface area contributed by atoms with E-state index in [1.165, 1.54) is 6.07 Å². The van der Waals surface area contributed by atoms with Crippen molar-refractivity contribution in [2.75, 3.05) is 0 Å². The number of aromatic nitrogens is 1. The molecule has 0 unspecified atom stereocenters. The van der Waals surface area contributed by atoms with Crippen LogP contribution >= 0.6 is 0 Å². The van der Waals surface area contributed by atoms with Gasteiger partial charge in [-0.1, -0.05) is 11.6 Å². The first kappa shape index (κ1) is 15.2. The van der Waals surface area contributed by atoms with E-state index in [1.807, 2.05) is 19.1 Å². The first-order valence-corrected chi connectivity index (χ1v) is 7.19. The first-order chi connectivity index (χ1) is 11.0. The SMILES string of the molecule is Cc1ccc(Oc2ccncc2)c(-c2cc(F)cc(F)c2C)c1. The maximum absolute atomic E-state index is 13.9. The highest BCUT2D eigenvalue weighted by molar-refractivity contribution is 5.74. The molecule has 1 aromatic heterocycles. The molecule has 0 radical (unpaired) electrons. The van der Waals surface area contributed by atoms with Gasteiger partial charge in [-0.25, -0.2) is 8.78 Å². The summed E-state index contributed by atoms with van der Waals surface area (Å²) in [5.41, 5.74) is 2.50. The quantitative estimate of drug-likeness (QED) is 0.643. The second-order valence-electron chi connectivity index (χ2n) is 5.34. The summed E-state index contributed by atoms with van der Waals surface area (Å²) in [7, 11) is 0. The van der Waals surface area contributed by atoms with Gasteiger partial charge in [-0.15, -0.1) is 0 Å². The van der Waals surface area contributed by atoms with Gasteiger partial charge in [0.2, 0.25) is 0 Å². The Bertz CT molecular complexity index is 847. The number of aryl methyl sites for hydroxylation is 1. The van der Waals surface area contributed by atoms with Crippen LogP contribution in [-0.4, -0.2) is 4.98 Å². The van der Waals surface area contributed by atoms with Crippen molar-refractivity contribution in [2.45, 2.75) is 13.8 Å². The summed E-state index contributed by atoms with van der Waals surface area (Å²) >= 11 is 0. The fourth-order valence-electron chi connectivity index (χ4n) is 2.40. The minimum absolute atomic E-state index is 0.386. The van der Waals surface area contributed by atoms with E-state index >= 15 is 0 Å². The van der Waals surface area contributed by atoms with Crippen molar-refractivity contribution in [3.63, 3.8) is 0 Å². The molecule has 0 aliphatic heterocycles. The van der Waals surface area contributed by atoms with Gasteiger partial charge in [0.05, 0.1) is 0 Å². The van der Waals surface area contributed by atoms with Gasteiger partial charge < -0.3 is 4.74 Å². The van der Waals surface area contributed by atoms with Crippen molar-refractivity contribution in [1.29, 1.82) is 0 Å². The number of ether oxygens (including phenoxy) is 1. The second kappa shape index (κ2) is 6.16. The van der Waals surface area contributed by atoms with Crippen molar-refractivity contribution in [3.8, 4) is 22.6 Å². The third-order valence-corrected chi connectivity index (χ3v) is 3.61. The number of pyridine rings is 1. The number of rotatable bonds is 3. The molecule has 0 bridgehead atoms. The molecule has 4 heteroatoms. The molecule has 0 saturated carbocycles. The Balaban J connectivity index is 2.14. The van der Waals surface area contributed by atoms with Crippen LogP contribution in [-0.2, 0) is 0 Å². The van der Waals surface area contributed by atoms with E-state index in [0.29, 0.717) is 28.2 Å². The highest BCUT2D eigenvalue weighted by atomic mass is 19.1. The number of hydrogen-bond donors (Lipinski definition) is 0. The summed E-state index contributed by atoms with van der Waals surface area (Å²) < 4.78 is 33.4. The van der Waals surface area contributed by atoms with E-state index in [2.05, 4.69) is 4.98 Å². The molecule has 2 nitrogen and oxygen atoms in total. The summed E-state index contributed by atoms with van der Waals surface area (Å²) in [5, 5.41) is 0. The Labute approximate surface area is 133 Å². The molecular weight excluding hydrogens is 296 g/mol. The molecule has 1 heterocycles. The molecule has 0 fully saturated rings. The Morgan fingerprint density at radius 3 is 2.35 bits per heavy atom. The molecule has 0 amide bonds. The lowest BCUT2D eigenvalue weighted by atomic mass is 9.97. The van der Waals surface area contributed by atoms with Crippen LogP contribution in [0.15, 0.2) is 54.9 Å². The van der Waals surface area contributed by atoms with Gasteiger partial charge in [-0.3, -0.25) is 4.98 Å². The van der Waals surface area contributed by atoms with Gasteiger partial charge in [-0.05, 0) is 55.3 Å². The van der Waals surface area contributed by atoms with Gasteiger partial charge in [0.15, 0.2) is 0 Å². The molecule has 3 aromatic rings. The zero-order valence-corrected chi connectivity index (χ0v) is 12.8. The summed E-state index contributed by atoms with van der Waals surface area (Å²) in [5.74, 6) is -0.0367. The Morgan fingerprint density at radius 2 is 1.61 bits per heavy atom. The molecule has 0 spiro atoms. The molecule has 0 saturated heterocycles. The highest BCUT2D eigenvalue weighted by Crippen LogP contribution is 2.36. The average Bonchev–Trinajstić information content (AvgIpc) is 2.54.